The van der Waals surface area contributed by atoms with E-state index in [0.717, 1.165) is 17.0 Å². The van der Waals surface area contributed by atoms with Crippen molar-refractivity contribution in [3.05, 3.63) is 17.0 Å². The molecule has 66 valence electrons. The summed E-state index contributed by atoms with van der Waals surface area (Å²) in [5.41, 5.74) is 5.94. The second kappa shape index (κ2) is 3.38. The van der Waals surface area contributed by atoms with Crippen LogP contribution < -0.4 is 5.43 Å². The van der Waals surface area contributed by atoms with Gasteiger partial charge in [-0.3, -0.25) is 4.68 Å². The van der Waals surface area contributed by atoms with Crippen molar-refractivity contribution in [2.24, 2.45) is 12.1 Å². The molecule has 0 aliphatic heterocycles. The van der Waals surface area contributed by atoms with Crippen molar-refractivity contribution in [2.45, 2.75) is 13.8 Å². The lowest BCUT2D eigenvalue weighted by atomic mass is 10.2. The van der Waals surface area contributed by atoms with Crippen molar-refractivity contribution in [1.82, 2.24) is 15.2 Å². The number of nitrogens with one attached hydrogen (secondary N) is 1. The van der Waals surface area contributed by atoms with E-state index < -0.39 is 0 Å². The quantitative estimate of drug-likeness (QED) is 0.516. The molecule has 1 rings (SSSR count). The van der Waals surface area contributed by atoms with E-state index in [-0.39, 0.29) is 0 Å². The van der Waals surface area contributed by atoms with Gasteiger partial charge in [-0.2, -0.15) is 10.2 Å². The van der Waals surface area contributed by atoms with Crippen molar-refractivity contribution in [2.75, 3.05) is 7.05 Å². The highest BCUT2D eigenvalue weighted by molar-refractivity contribution is 5.82. The second-order valence-electron chi connectivity index (χ2n) is 2.69. The van der Waals surface area contributed by atoms with Gasteiger partial charge in [0, 0.05) is 25.4 Å². The SMILES string of the molecule is CN/N=C/c1c(C)nn(C)c1C. The topological polar surface area (TPSA) is 42.2 Å². The Morgan fingerprint density at radius 1 is 1.50 bits per heavy atom. The number of nitrogens with zero attached hydrogens (tertiary/aromatic N) is 3. The van der Waals surface area contributed by atoms with Crippen LogP contribution >= 0.6 is 0 Å². The van der Waals surface area contributed by atoms with Gasteiger partial charge in [-0.1, -0.05) is 0 Å². The highest BCUT2D eigenvalue weighted by Crippen LogP contribution is 2.08. The fraction of sp³-hybridized carbons (Fsp3) is 0.500. The van der Waals surface area contributed by atoms with Crippen LogP contribution in [0.4, 0.5) is 0 Å². The van der Waals surface area contributed by atoms with Crippen LogP contribution in [0.3, 0.4) is 0 Å². The van der Waals surface area contributed by atoms with Crippen LogP contribution in [0.25, 0.3) is 0 Å². The van der Waals surface area contributed by atoms with Crippen molar-refractivity contribution in [3.8, 4) is 0 Å². The zero-order valence-corrected chi connectivity index (χ0v) is 7.92. The zero-order valence-electron chi connectivity index (χ0n) is 7.92. The Bertz CT molecular complexity index is 298. The largest absolute Gasteiger partial charge is 0.313 e. The Morgan fingerprint density at radius 3 is 2.58 bits per heavy atom. The lowest BCUT2D eigenvalue weighted by molar-refractivity contribution is 0.731. The molecule has 0 saturated heterocycles. The van der Waals surface area contributed by atoms with Crippen molar-refractivity contribution in [1.29, 1.82) is 0 Å². The molecule has 1 heterocycles. The molecular weight excluding hydrogens is 152 g/mol. The van der Waals surface area contributed by atoms with Gasteiger partial charge in [0.05, 0.1) is 11.9 Å². The maximum Gasteiger partial charge on any atom is 0.0684 e. The van der Waals surface area contributed by atoms with Gasteiger partial charge in [0.15, 0.2) is 0 Å². The summed E-state index contributed by atoms with van der Waals surface area (Å²) in [4.78, 5) is 0. The molecule has 0 fully saturated rings. The lowest BCUT2D eigenvalue weighted by Crippen LogP contribution is -1.97. The molecule has 4 heteroatoms. The molecule has 0 aromatic carbocycles. The Balaban J connectivity index is 3.05. The minimum atomic E-state index is 1.01. The normalized spacial score (nSPS) is 11.0. The highest BCUT2D eigenvalue weighted by atomic mass is 15.3. The Morgan fingerprint density at radius 2 is 2.17 bits per heavy atom. The van der Waals surface area contributed by atoms with Crippen LogP contribution in [0, 0.1) is 13.8 Å². The van der Waals surface area contributed by atoms with Gasteiger partial charge in [-0.25, -0.2) is 0 Å². The number of hydrogen-bond acceptors (Lipinski definition) is 3. The first kappa shape index (κ1) is 8.77. The van der Waals surface area contributed by atoms with E-state index in [4.69, 9.17) is 0 Å². The van der Waals surface area contributed by atoms with Gasteiger partial charge in [0.2, 0.25) is 0 Å². The van der Waals surface area contributed by atoms with Crippen LogP contribution in [-0.2, 0) is 7.05 Å². The molecule has 4 nitrogen and oxygen atoms in total. The van der Waals surface area contributed by atoms with E-state index in [9.17, 15) is 0 Å². The summed E-state index contributed by atoms with van der Waals surface area (Å²) in [6, 6.07) is 0. The molecule has 0 atom stereocenters. The summed E-state index contributed by atoms with van der Waals surface area (Å²) >= 11 is 0. The van der Waals surface area contributed by atoms with Crippen LogP contribution in [0.2, 0.25) is 0 Å². The van der Waals surface area contributed by atoms with E-state index in [2.05, 4.69) is 15.6 Å². The van der Waals surface area contributed by atoms with Crippen LogP contribution in [-0.4, -0.2) is 23.0 Å². The first-order chi connectivity index (χ1) is 5.66. The third-order valence-electron chi connectivity index (χ3n) is 1.89. The van der Waals surface area contributed by atoms with E-state index in [1.54, 1.807) is 13.3 Å². The minimum Gasteiger partial charge on any atom is -0.313 e. The van der Waals surface area contributed by atoms with Crippen LogP contribution in [0.1, 0.15) is 17.0 Å². The summed E-state index contributed by atoms with van der Waals surface area (Å²) in [6.07, 6.45) is 1.79. The fourth-order valence-corrected chi connectivity index (χ4v) is 1.11. The maximum absolute atomic E-state index is 4.26. The molecule has 0 radical (unpaired) electrons. The Kier molecular flexibility index (Phi) is 2.47. The Hall–Kier alpha value is -1.32. The van der Waals surface area contributed by atoms with E-state index in [1.807, 2.05) is 25.6 Å². The summed E-state index contributed by atoms with van der Waals surface area (Å²) in [6.45, 7) is 4.00. The molecular formula is C8H14N4. The van der Waals surface area contributed by atoms with Crippen LogP contribution in [0.15, 0.2) is 5.10 Å². The summed E-state index contributed by atoms with van der Waals surface area (Å²) in [7, 11) is 3.70. The number of rotatable bonds is 2. The average Bonchev–Trinajstić information content (AvgIpc) is 2.25. The number of aromatic nitrogens is 2. The minimum absolute atomic E-state index is 1.01. The van der Waals surface area contributed by atoms with E-state index in [1.165, 1.54) is 0 Å². The van der Waals surface area contributed by atoms with Gasteiger partial charge in [0.1, 0.15) is 0 Å². The van der Waals surface area contributed by atoms with Gasteiger partial charge in [0.25, 0.3) is 0 Å². The molecule has 0 unspecified atom stereocenters. The van der Waals surface area contributed by atoms with Gasteiger partial charge in [-0.05, 0) is 13.8 Å². The summed E-state index contributed by atoms with van der Waals surface area (Å²) in [5, 5.41) is 8.21. The van der Waals surface area contributed by atoms with Crippen LogP contribution in [0.5, 0.6) is 0 Å². The number of aryl methyl sites for hydroxylation is 2. The smallest absolute Gasteiger partial charge is 0.0684 e. The molecule has 0 saturated carbocycles. The lowest BCUT2D eigenvalue weighted by Gasteiger charge is -1.93. The predicted molar refractivity (Wildman–Crippen MR) is 49.3 cm³/mol. The molecule has 0 aliphatic carbocycles. The number of hydrazone groups is 1. The molecule has 1 aromatic heterocycles. The molecule has 1 N–H and O–H groups in total. The molecule has 0 bridgehead atoms. The average molecular weight is 166 g/mol. The third kappa shape index (κ3) is 1.47. The zero-order chi connectivity index (χ0) is 9.14. The molecule has 0 amide bonds. The summed E-state index contributed by atoms with van der Waals surface area (Å²) < 4.78 is 1.85. The number of hydrogen-bond donors (Lipinski definition) is 1. The standard InChI is InChI=1S/C8H14N4/c1-6-8(5-10-9-3)7(2)12(4)11-6/h5,9H,1-4H3/b10-5+. The second-order valence-corrected chi connectivity index (χ2v) is 2.69. The molecule has 0 spiro atoms. The Labute approximate surface area is 72.3 Å². The van der Waals surface area contributed by atoms with E-state index >= 15 is 0 Å². The van der Waals surface area contributed by atoms with E-state index in [0.29, 0.717) is 0 Å². The molecule has 0 aliphatic rings. The molecule has 12 heavy (non-hydrogen) atoms. The van der Waals surface area contributed by atoms with Crippen molar-refractivity contribution < 1.29 is 0 Å². The maximum atomic E-state index is 4.26. The van der Waals surface area contributed by atoms with Crippen molar-refractivity contribution in [3.63, 3.8) is 0 Å². The first-order valence-electron chi connectivity index (χ1n) is 3.86. The van der Waals surface area contributed by atoms with Gasteiger partial charge in [-0.15, -0.1) is 0 Å². The molecule has 1 aromatic rings. The fourth-order valence-electron chi connectivity index (χ4n) is 1.11. The van der Waals surface area contributed by atoms with Gasteiger partial charge < -0.3 is 5.43 Å². The summed E-state index contributed by atoms with van der Waals surface area (Å²) in [5.74, 6) is 0. The first-order valence-corrected chi connectivity index (χ1v) is 3.86. The highest BCUT2D eigenvalue weighted by Gasteiger charge is 2.05. The van der Waals surface area contributed by atoms with Gasteiger partial charge >= 0.3 is 0 Å². The monoisotopic (exact) mass is 166 g/mol. The van der Waals surface area contributed by atoms with Crippen molar-refractivity contribution >= 4 is 6.21 Å². The third-order valence-corrected chi connectivity index (χ3v) is 1.89. The predicted octanol–water partition coefficient (Wildman–Crippen LogP) is 0.590.